The van der Waals surface area contributed by atoms with Gasteiger partial charge in [-0.3, -0.25) is 4.79 Å². The topological polar surface area (TPSA) is 17.1 Å². The van der Waals surface area contributed by atoms with E-state index < -0.39 is 17.6 Å². The summed E-state index contributed by atoms with van der Waals surface area (Å²) in [5.74, 6) is -2.56. The van der Waals surface area contributed by atoms with E-state index in [4.69, 9.17) is 0 Å². The van der Waals surface area contributed by atoms with Gasteiger partial charge in [0, 0.05) is 17.4 Å². The van der Waals surface area contributed by atoms with Crippen molar-refractivity contribution in [1.82, 2.24) is 0 Å². The molecule has 3 aromatic rings. The molecule has 0 bridgehead atoms. The molecule has 0 radical (unpaired) electrons. The first-order chi connectivity index (χ1) is 14.5. The van der Waals surface area contributed by atoms with Crippen LogP contribution in [0.2, 0.25) is 0 Å². The zero-order valence-corrected chi connectivity index (χ0v) is 17.2. The predicted molar refractivity (Wildman–Crippen MR) is 117 cm³/mol. The van der Waals surface area contributed by atoms with Crippen molar-refractivity contribution >= 4 is 11.4 Å². The molecule has 0 aliphatic heterocycles. The van der Waals surface area contributed by atoms with Gasteiger partial charge >= 0.3 is 0 Å². The third-order valence-electron chi connectivity index (χ3n) is 6.02. The van der Waals surface area contributed by atoms with Crippen molar-refractivity contribution in [3.63, 3.8) is 0 Å². The molecule has 1 nitrogen and oxygen atoms in total. The Bertz CT molecular complexity index is 1110. The first-order valence-electron chi connectivity index (χ1n) is 10.3. The number of hydrogen-bond donors (Lipinski definition) is 0. The fourth-order valence-corrected chi connectivity index (χ4v) is 4.37. The summed E-state index contributed by atoms with van der Waals surface area (Å²) in [6.07, 6.45) is 3.63. The molecule has 0 fully saturated rings. The first-order valence-corrected chi connectivity index (χ1v) is 10.3. The van der Waals surface area contributed by atoms with Crippen LogP contribution in [0, 0.1) is 24.5 Å². The predicted octanol–water partition coefficient (Wildman–Crippen LogP) is 6.91. The molecule has 0 N–H and O–H groups in total. The first kappa shape index (κ1) is 20.2. The number of aryl methyl sites for hydroxylation is 2. The fraction of sp³-hybridized carbons (Fsp3) is 0.222. The average Bonchev–Trinajstić information content (AvgIpc) is 3.20. The molecule has 0 saturated heterocycles. The molecule has 3 aromatic carbocycles. The van der Waals surface area contributed by atoms with E-state index in [-0.39, 0.29) is 17.3 Å². The van der Waals surface area contributed by atoms with E-state index in [0.717, 1.165) is 41.7 Å². The van der Waals surface area contributed by atoms with Crippen molar-refractivity contribution in [2.24, 2.45) is 5.92 Å². The summed E-state index contributed by atoms with van der Waals surface area (Å²) in [5, 5.41) is 0. The molecule has 0 saturated carbocycles. The molecule has 0 spiro atoms. The van der Waals surface area contributed by atoms with Crippen molar-refractivity contribution in [3.05, 3.63) is 112 Å². The van der Waals surface area contributed by atoms with Gasteiger partial charge in [-0.1, -0.05) is 67.1 Å². The fourth-order valence-electron chi connectivity index (χ4n) is 4.37. The van der Waals surface area contributed by atoms with Crippen LogP contribution >= 0.6 is 0 Å². The van der Waals surface area contributed by atoms with E-state index in [1.807, 2.05) is 25.1 Å². The van der Waals surface area contributed by atoms with Crippen LogP contribution in [0.25, 0.3) is 5.57 Å². The molecule has 3 heteroatoms. The van der Waals surface area contributed by atoms with E-state index in [1.54, 1.807) is 0 Å². The van der Waals surface area contributed by atoms with E-state index in [1.165, 1.54) is 17.2 Å². The van der Waals surface area contributed by atoms with Gasteiger partial charge in [-0.25, -0.2) is 8.78 Å². The van der Waals surface area contributed by atoms with Crippen LogP contribution in [0.3, 0.4) is 0 Å². The van der Waals surface area contributed by atoms with Crippen LogP contribution in [0.5, 0.6) is 0 Å². The third-order valence-corrected chi connectivity index (χ3v) is 6.02. The molecular weight excluding hydrogens is 378 g/mol. The van der Waals surface area contributed by atoms with Crippen LogP contribution in [-0.2, 0) is 6.42 Å². The third kappa shape index (κ3) is 3.85. The van der Waals surface area contributed by atoms with Gasteiger partial charge in [0.05, 0.1) is 0 Å². The number of hydrogen-bond acceptors (Lipinski definition) is 1. The molecule has 30 heavy (non-hydrogen) atoms. The molecule has 2 atom stereocenters. The normalized spacial score (nSPS) is 18.3. The maximum atomic E-state index is 13.8. The summed E-state index contributed by atoms with van der Waals surface area (Å²) in [7, 11) is 0. The SMILES string of the molecule is CCc1ccccc1C1CC(c2ccc(C)cc2)=CC1C(=O)c1ccc(F)c(F)c1. The van der Waals surface area contributed by atoms with Crippen LogP contribution in [0.1, 0.15) is 51.9 Å². The van der Waals surface area contributed by atoms with Gasteiger partial charge in [-0.15, -0.1) is 0 Å². The Balaban J connectivity index is 1.77. The highest BCUT2D eigenvalue weighted by molar-refractivity contribution is 6.01. The van der Waals surface area contributed by atoms with E-state index >= 15 is 0 Å². The number of halogens is 2. The molecule has 1 aliphatic rings. The standard InChI is InChI=1S/C27H24F2O/c1-3-18-6-4-5-7-22(18)23-14-21(19-10-8-17(2)9-11-19)15-24(23)27(30)20-12-13-25(28)26(29)16-20/h4-13,15-16,23-24H,3,14H2,1-2H3. The van der Waals surface area contributed by atoms with E-state index in [0.29, 0.717) is 0 Å². The number of rotatable bonds is 5. The number of allylic oxidation sites excluding steroid dienone is 2. The average molecular weight is 402 g/mol. The number of carbonyl (C=O) groups excluding carboxylic acids is 1. The van der Waals surface area contributed by atoms with Crippen LogP contribution < -0.4 is 0 Å². The highest BCUT2D eigenvalue weighted by Crippen LogP contribution is 2.45. The molecule has 0 heterocycles. The maximum Gasteiger partial charge on any atom is 0.170 e. The number of carbonyl (C=O) groups is 1. The molecule has 0 amide bonds. The molecule has 4 rings (SSSR count). The summed E-state index contributed by atoms with van der Waals surface area (Å²) < 4.78 is 27.2. The Labute approximate surface area is 176 Å². The van der Waals surface area contributed by atoms with Crippen molar-refractivity contribution in [1.29, 1.82) is 0 Å². The van der Waals surface area contributed by atoms with Crippen molar-refractivity contribution in [2.75, 3.05) is 0 Å². The van der Waals surface area contributed by atoms with Crippen LogP contribution in [-0.4, -0.2) is 5.78 Å². The Morgan fingerprint density at radius 2 is 1.70 bits per heavy atom. The van der Waals surface area contributed by atoms with E-state index in [2.05, 4.69) is 43.3 Å². The molecule has 0 aromatic heterocycles. The number of benzene rings is 3. The highest BCUT2D eigenvalue weighted by Gasteiger charge is 2.35. The van der Waals surface area contributed by atoms with Crippen molar-refractivity contribution < 1.29 is 13.6 Å². The minimum absolute atomic E-state index is 0.0296. The molecular formula is C27H24F2O. The van der Waals surface area contributed by atoms with Crippen LogP contribution in [0.15, 0.2) is 72.8 Å². The second-order valence-electron chi connectivity index (χ2n) is 7.94. The molecule has 152 valence electrons. The monoisotopic (exact) mass is 402 g/mol. The Kier molecular flexibility index (Phi) is 5.63. The number of ketones is 1. The zero-order chi connectivity index (χ0) is 21.3. The Hall–Kier alpha value is -3.07. The smallest absolute Gasteiger partial charge is 0.170 e. The van der Waals surface area contributed by atoms with Gasteiger partial charge in [0.15, 0.2) is 17.4 Å². The summed E-state index contributed by atoms with van der Waals surface area (Å²) in [5.41, 5.74) is 5.97. The van der Waals surface area contributed by atoms with Gasteiger partial charge in [-0.2, -0.15) is 0 Å². The van der Waals surface area contributed by atoms with Gasteiger partial charge in [0.1, 0.15) is 0 Å². The summed E-state index contributed by atoms with van der Waals surface area (Å²) >= 11 is 0. The quantitative estimate of drug-likeness (QED) is 0.424. The second kappa shape index (κ2) is 8.35. The minimum Gasteiger partial charge on any atom is -0.293 e. The maximum absolute atomic E-state index is 13.8. The zero-order valence-electron chi connectivity index (χ0n) is 17.2. The Morgan fingerprint density at radius 1 is 0.967 bits per heavy atom. The summed E-state index contributed by atoms with van der Waals surface area (Å²) in [6.45, 7) is 4.15. The second-order valence-corrected chi connectivity index (χ2v) is 7.94. The molecule has 1 aliphatic carbocycles. The lowest BCUT2D eigenvalue weighted by atomic mass is 9.81. The van der Waals surface area contributed by atoms with Crippen molar-refractivity contribution in [3.8, 4) is 0 Å². The number of Topliss-reactive ketones (excluding diaryl/α,β-unsaturated/α-hetero) is 1. The lowest BCUT2D eigenvalue weighted by Gasteiger charge is -2.22. The lowest BCUT2D eigenvalue weighted by Crippen LogP contribution is -2.19. The van der Waals surface area contributed by atoms with Gasteiger partial charge in [0.2, 0.25) is 0 Å². The van der Waals surface area contributed by atoms with Gasteiger partial charge in [0.25, 0.3) is 0 Å². The minimum atomic E-state index is -0.993. The van der Waals surface area contributed by atoms with Gasteiger partial charge < -0.3 is 0 Å². The van der Waals surface area contributed by atoms with Crippen LogP contribution in [0.4, 0.5) is 8.78 Å². The van der Waals surface area contributed by atoms with Gasteiger partial charge in [-0.05, 0) is 60.2 Å². The highest BCUT2D eigenvalue weighted by atomic mass is 19.2. The lowest BCUT2D eigenvalue weighted by molar-refractivity contribution is 0.0934. The largest absolute Gasteiger partial charge is 0.293 e. The van der Waals surface area contributed by atoms with E-state index in [9.17, 15) is 13.6 Å². The molecule has 2 unspecified atom stereocenters. The summed E-state index contributed by atoms with van der Waals surface area (Å²) in [6, 6.07) is 19.9. The Morgan fingerprint density at radius 3 is 2.40 bits per heavy atom. The van der Waals surface area contributed by atoms with Crippen molar-refractivity contribution in [2.45, 2.75) is 32.6 Å². The summed E-state index contributed by atoms with van der Waals surface area (Å²) in [4.78, 5) is 13.4.